The third-order valence-electron chi connectivity index (χ3n) is 8.90. The van der Waals surface area contributed by atoms with Gasteiger partial charge in [-0.15, -0.1) is 0 Å². The number of hydrogen-bond donors (Lipinski definition) is 0. The van der Waals surface area contributed by atoms with Crippen LogP contribution in [0, 0.1) is 11.3 Å². The van der Waals surface area contributed by atoms with E-state index < -0.39 is 18.1 Å². The summed E-state index contributed by atoms with van der Waals surface area (Å²) >= 11 is 0. The van der Waals surface area contributed by atoms with Gasteiger partial charge in [0.15, 0.2) is 23.0 Å². The molecule has 0 bridgehead atoms. The fourth-order valence-electron chi connectivity index (χ4n) is 6.86. The molecular weight excluding hydrogens is 586 g/mol. The first-order valence-corrected chi connectivity index (χ1v) is 15.1. The number of nitriles is 1. The van der Waals surface area contributed by atoms with Crippen molar-refractivity contribution < 1.29 is 33.2 Å². The van der Waals surface area contributed by atoms with E-state index in [-0.39, 0.29) is 18.7 Å². The van der Waals surface area contributed by atoms with E-state index >= 15 is 0 Å². The van der Waals surface area contributed by atoms with Gasteiger partial charge in [-0.25, -0.2) is 4.79 Å². The zero-order valence-electron chi connectivity index (χ0n) is 27.4. The van der Waals surface area contributed by atoms with Crippen LogP contribution in [0.25, 0.3) is 6.08 Å². The maximum atomic E-state index is 13.2. The highest BCUT2D eigenvalue weighted by Gasteiger charge is 2.47. The molecule has 10 nitrogen and oxygen atoms in total. The smallest absolute Gasteiger partial charge is 0.330 e. The van der Waals surface area contributed by atoms with Crippen molar-refractivity contribution in [2.24, 2.45) is 0 Å². The van der Waals surface area contributed by atoms with E-state index in [1.807, 2.05) is 62.6 Å². The van der Waals surface area contributed by atoms with Gasteiger partial charge in [0.2, 0.25) is 0 Å². The molecule has 10 heteroatoms. The van der Waals surface area contributed by atoms with Crippen LogP contribution in [0.3, 0.4) is 0 Å². The number of carbonyl (C=O) groups excluding carboxylic acids is 1. The Balaban J connectivity index is 1.59. The Bertz CT molecular complexity index is 1650. The van der Waals surface area contributed by atoms with Gasteiger partial charge in [-0.3, -0.25) is 4.90 Å². The molecule has 2 aliphatic heterocycles. The molecule has 3 aromatic rings. The van der Waals surface area contributed by atoms with Crippen LogP contribution in [-0.2, 0) is 22.4 Å². The minimum absolute atomic E-state index is 0.0232. The summed E-state index contributed by atoms with van der Waals surface area (Å²) in [6.07, 6.45) is 4.15. The number of nitrogens with zero attached hydrogens (tertiary/aromatic N) is 3. The summed E-state index contributed by atoms with van der Waals surface area (Å²) in [5, 5.41) is 10.7. The maximum absolute atomic E-state index is 13.2. The van der Waals surface area contributed by atoms with Crippen molar-refractivity contribution >= 4 is 12.0 Å². The summed E-state index contributed by atoms with van der Waals surface area (Å²) in [5.41, 5.74) is 4.80. The summed E-state index contributed by atoms with van der Waals surface area (Å²) in [4.78, 5) is 17.5. The lowest BCUT2D eigenvalue weighted by Gasteiger charge is -2.48. The van der Waals surface area contributed by atoms with Gasteiger partial charge in [0.05, 0.1) is 53.7 Å². The molecule has 2 unspecified atom stereocenters. The van der Waals surface area contributed by atoms with E-state index in [0.29, 0.717) is 41.6 Å². The largest absolute Gasteiger partial charge is 0.496 e. The molecule has 0 aromatic heterocycles. The number of fused-ring (bicyclic) bond motifs is 3. The van der Waals surface area contributed by atoms with Crippen LogP contribution in [0.1, 0.15) is 39.9 Å². The highest BCUT2D eigenvalue weighted by molar-refractivity contribution is 5.87. The van der Waals surface area contributed by atoms with E-state index in [9.17, 15) is 10.1 Å². The zero-order chi connectivity index (χ0) is 33.0. The molecule has 5 rings (SSSR count). The predicted octanol–water partition coefficient (Wildman–Crippen LogP) is 5.01. The lowest BCUT2D eigenvalue weighted by molar-refractivity contribution is -0.140. The minimum atomic E-state index is -0.527. The molecule has 2 aliphatic rings. The number of likely N-dealkylation sites (N-methyl/N-ethyl adjacent to an activating group) is 1. The molecule has 0 spiro atoms. The number of para-hydroxylation sites is 1. The van der Waals surface area contributed by atoms with Gasteiger partial charge < -0.3 is 33.3 Å². The average Bonchev–Trinajstić information content (AvgIpc) is 3.21. The highest BCUT2D eigenvalue weighted by Crippen LogP contribution is 2.48. The van der Waals surface area contributed by atoms with Gasteiger partial charge in [0.25, 0.3) is 0 Å². The number of rotatable bonds is 10. The first-order chi connectivity index (χ1) is 22.3. The molecule has 0 radical (unpaired) electrons. The van der Waals surface area contributed by atoms with E-state index in [2.05, 4.69) is 15.9 Å². The summed E-state index contributed by atoms with van der Waals surface area (Å²) in [6, 6.07) is 16.7. The van der Waals surface area contributed by atoms with Gasteiger partial charge in [-0.2, -0.15) is 5.26 Å². The molecule has 0 saturated carbocycles. The molecule has 0 fully saturated rings. The normalized spacial score (nSPS) is 20.5. The van der Waals surface area contributed by atoms with E-state index in [1.54, 1.807) is 41.6 Å². The van der Waals surface area contributed by atoms with Gasteiger partial charge in [0, 0.05) is 24.1 Å². The second kappa shape index (κ2) is 14.1. The first kappa shape index (κ1) is 32.7. The summed E-state index contributed by atoms with van der Waals surface area (Å²) in [7, 11) is 12.1. The lowest BCUT2D eigenvalue weighted by Crippen LogP contribution is -2.54. The summed E-state index contributed by atoms with van der Waals surface area (Å²) < 4.78 is 34.1. The standard InChI is InChI=1S/C36H41N3O7/c1-38(2)36-27-19-34(45-7)31(42-4)16-23(27)14-25(20-37)39-28(36)15-24-17-32(43-5)33(44-6)18-26(24)29(39)21-46-35(40)13-12-22-10-8-9-11-30(22)41-3/h8-13,16-19,25,28-29,36H,14-15,21H2,1-7H3/b13-12+/t25-,28?,29?,36+/m0/s1. The Labute approximate surface area is 270 Å². The number of ether oxygens (including phenoxy) is 6. The Morgan fingerprint density at radius 2 is 1.41 bits per heavy atom. The third-order valence-corrected chi connectivity index (χ3v) is 8.90. The Morgan fingerprint density at radius 1 is 0.848 bits per heavy atom. The Morgan fingerprint density at radius 3 is 2.00 bits per heavy atom. The van der Waals surface area contributed by atoms with Crippen molar-refractivity contribution in [3.8, 4) is 34.8 Å². The van der Waals surface area contributed by atoms with Gasteiger partial charge in [-0.1, -0.05) is 18.2 Å². The van der Waals surface area contributed by atoms with Crippen molar-refractivity contribution in [2.75, 3.05) is 56.3 Å². The average molecular weight is 628 g/mol. The number of methoxy groups -OCH3 is 5. The molecule has 242 valence electrons. The highest BCUT2D eigenvalue weighted by atomic mass is 16.5. The molecule has 3 aromatic carbocycles. The molecule has 0 N–H and O–H groups in total. The van der Waals surface area contributed by atoms with Crippen molar-refractivity contribution in [3.05, 3.63) is 82.4 Å². The Kier molecular flexibility index (Phi) is 10.0. The van der Waals surface area contributed by atoms with Crippen molar-refractivity contribution in [1.82, 2.24) is 9.80 Å². The monoisotopic (exact) mass is 627 g/mol. The topological polar surface area (TPSA) is 103 Å². The van der Waals surface area contributed by atoms with Crippen LogP contribution in [0.2, 0.25) is 0 Å². The maximum Gasteiger partial charge on any atom is 0.330 e. The quantitative estimate of drug-likeness (QED) is 0.225. The first-order valence-electron chi connectivity index (χ1n) is 15.1. The van der Waals surface area contributed by atoms with Gasteiger partial charge >= 0.3 is 5.97 Å². The molecule has 0 amide bonds. The third kappa shape index (κ3) is 6.21. The second-order valence-electron chi connectivity index (χ2n) is 11.5. The number of esters is 1. The van der Waals surface area contributed by atoms with Crippen LogP contribution >= 0.6 is 0 Å². The lowest BCUT2D eigenvalue weighted by atomic mass is 9.82. The van der Waals surface area contributed by atoms with Crippen molar-refractivity contribution in [1.29, 1.82) is 5.26 Å². The number of carbonyl (C=O) groups is 1. The van der Waals surface area contributed by atoms with E-state index in [4.69, 9.17) is 28.4 Å². The Hall–Kier alpha value is -4.72. The summed E-state index contributed by atoms with van der Waals surface area (Å²) in [6.45, 7) is 0.0232. The van der Waals surface area contributed by atoms with Crippen LogP contribution < -0.4 is 23.7 Å². The SMILES string of the molecule is COc1ccccc1/C=C/C(=O)OCC1c2cc(OC)c(OC)cc2CC2[C@H](N(C)C)c3cc(OC)c(OC)cc3C[C@@H](C#N)N12. The van der Waals surface area contributed by atoms with Crippen LogP contribution in [0.5, 0.6) is 28.7 Å². The molecule has 0 saturated heterocycles. The molecule has 4 atom stereocenters. The van der Waals surface area contributed by atoms with Crippen molar-refractivity contribution in [3.63, 3.8) is 0 Å². The minimum Gasteiger partial charge on any atom is -0.496 e. The molecule has 0 aliphatic carbocycles. The fraction of sp³-hybridized carbons (Fsp3) is 0.389. The number of hydrogen-bond acceptors (Lipinski definition) is 10. The summed E-state index contributed by atoms with van der Waals surface area (Å²) in [5.74, 6) is 2.58. The van der Waals surface area contributed by atoms with Crippen LogP contribution in [0.15, 0.2) is 54.6 Å². The fourth-order valence-corrected chi connectivity index (χ4v) is 6.86. The van der Waals surface area contributed by atoms with Crippen LogP contribution in [0.4, 0.5) is 0 Å². The van der Waals surface area contributed by atoms with Gasteiger partial charge in [0.1, 0.15) is 18.4 Å². The predicted molar refractivity (Wildman–Crippen MR) is 174 cm³/mol. The molecular formula is C36H41N3O7. The molecule has 2 heterocycles. The van der Waals surface area contributed by atoms with E-state index in [1.165, 1.54) is 6.08 Å². The van der Waals surface area contributed by atoms with Crippen LogP contribution in [-0.4, -0.2) is 84.1 Å². The molecule has 46 heavy (non-hydrogen) atoms. The number of benzene rings is 3. The van der Waals surface area contributed by atoms with Gasteiger partial charge in [-0.05, 0) is 79.2 Å². The zero-order valence-corrected chi connectivity index (χ0v) is 27.4. The van der Waals surface area contributed by atoms with Crippen molar-refractivity contribution in [2.45, 2.75) is 37.0 Å². The second-order valence-corrected chi connectivity index (χ2v) is 11.5. The van der Waals surface area contributed by atoms with E-state index in [0.717, 1.165) is 27.8 Å².